The van der Waals surface area contributed by atoms with Crippen LogP contribution >= 0.6 is 11.9 Å². The monoisotopic (exact) mass is 415 g/mol. The number of hydrogen-bond donors (Lipinski definition) is 2. The summed E-state index contributed by atoms with van der Waals surface area (Å²) in [5.41, 5.74) is 1.40. The lowest BCUT2D eigenvalue weighted by Crippen LogP contribution is -2.38. The minimum atomic E-state index is -0.329. The molecule has 8 nitrogen and oxygen atoms in total. The average molecular weight is 416 g/mol. The number of hydrogen-bond acceptors (Lipinski definition) is 7. The van der Waals surface area contributed by atoms with E-state index in [0.29, 0.717) is 18.5 Å². The predicted octanol–water partition coefficient (Wildman–Crippen LogP) is 2.40. The van der Waals surface area contributed by atoms with Gasteiger partial charge in [-0.1, -0.05) is 6.07 Å². The van der Waals surface area contributed by atoms with Crippen LogP contribution < -0.4 is 14.8 Å². The van der Waals surface area contributed by atoms with E-state index in [1.54, 1.807) is 0 Å². The van der Waals surface area contributed by atoms with E-state index in [1.807, 2.05) is 36.4 Å². The van der Waals surface area contributed by atoms with Gasteiger partial charge in [0.2, 0.25) is 0 Å². The highest BCUT2D eigenvalue weighted by atomic mass is 32.2. The molecule has 0 unspecified atom stereocenters. The molecule has 3 rings (SSSR count). The molecule has 1 aliphatic rings. The van der Waals surface area contributed by atoms with Gasteiger partial charge in [-0.25, -0.2) is 4.79 Å². The van der Waals surface area contributed by atoms with Gasteiger partial charge in [0.25, 0.3) is 0 Å². The lowest BCUT2D eigenvalue weighted by atomic mass is 10.3. The Morgan fingerprint density at radius 1 is 1.28 bits per heavy atom. The van der Waals surface area contributed by atoms with E-state index in [-0.39, 0.29) is 19.1 Å². The largest absolute Gasteiger partial charge is 0.493 e. The second kappa shape index (κ2) is 10.8. The summed E-state index contributed by atoms with van der Waals surface area (Å²) in [6.45, 7) is 1.57. The molecule has 2 N–H and O–H groups in total. The van der Waals surface area contributed by atoms with Gasteiger partial charge in [0.1, 0.15) is 12.0 Å². The van der Waals surface area contributed by atoms with Crippen LogP contribution in [0.25, 0.3) is 0 Å². The van der Waals surface area contributed by atoms with Gasteiger partial charge in [-0.15, -0.1) is 0 Å². The van der Waals surface area contributed by atoms with Crippen molar-refractivity contribution < 1.29 is 14.3 Å². The van der Waals surface area contributed by atoms with Crippen molar-refractivity contribution in [2.45, 2.75) is 30.8 Å². The smallest absolute Gasteiger partial charge is 0.317 e. The van der Waals surface area contributed by atoms with Gasteiger partial charge in [0.15, 0.2) is 0 Å². The Balaban J connectivity index is 1.45. The number of carbonyl (C=O) groups excluding carboxylic acids is 2. The number of carbonyl (C=O) groups is 2. The lowest BCUT2D eigenvalue weighted by Gasteiger charge is -2.18. The van der Waals surface area contributed by atoms with Crippen LogP contribution in [-0.4, -0.2) is 47.6 Å². The molecule has 2 aromatic rings. The van der Waals surface area contributed by atoms with E-state index in [0.717, 1.165) is 28.9 Å². The number of amides is 2. The maximum Gasteiger partial charge on any atom is 0.317 e. The zero-order chi connectivity index (χ0) is 20.5. The number of ether oxygens (including phenoxy) is 1. The van der Waals surface area contributed by atoms with Crippen LogP contribution in [-0.2, 0) is 17.9 Å². The molecule has 0 atom stereocenters. The van der Waals surface area contributed by atoms with Crippen molar-refractivity contribution in [1.82, 2.24) is 25.1 Å². The first-order valence-electron chi connectivity index (χ1n) is 9.52. The Morgan fingerprint density at radius 3 is 2.76 bits per heavy atom. The molecule has 1 aromatic carbocycles. The molecule has 0 spiro atoms. The maximum atomic E-state index is 11.7. The second-order valence-electron chi connectivity index (χ2n) is 6.77. The molecular formula is C20H25N5O3S. The molecule has 0 bridgehead atoms. The van der Waals surface area contributed by atoms with Crippen LogP contribution in [0, 0.1) is 5.92 Å². The topological polar surface area (TPSA) is 96.5 Å². The summed E-state index contributed by atoms with van der Waals surface area (Å²) in [5.74, 6) is 1.62. The SMILES string of the molecule is CNC(=O)N(CC=O)Cc1ccc(CNSc2cccc(OCC3CC3)c2)nn1. The molecule has 1 aliphatic carbocycles. The molecule has 2 amide bonds. The van der Waals surface area contributed by atoms with Gasteiger partial charge in [0.05, 0.1) is 37.6 Å². The Hall–Kier alpha value is -2.65. The molecule has 9 heteroatoms. The van der Waals surface area contributed by atoms with Crippen molar-refractivity contribution in [2.24, 2.45) is 5.92 Å². The molecule has 1 fully saturated rings. The normalized spacial score (nSPS) is 13.0. The number of nitrogens with one attached hydrogen (secondary N) is 2. The first-order valence-corrected chi connectivity index (χ1v) is 10.3. The van der Waals surface area contributed by atoms with E-state index in [2.05, 4.69) is 20.2 Å². The van der Waals surface area contributed by atoms with Crippen molar-refractivity contribution >= 4 is 24.3 Å². The fourth-order valence-corrected chi connectivity index (χ4v) is 3.26. The Labute approximate surface area is 174 Å². The number of urea groups is 1. The highest BCUT2D eigenvalue weighted by molar-refractivity contribution is 7.97. The number of aldehydes is 1. The molecule has 154 valence electrons. The van der Waals surface area contributed by atoms with Gasteiger partial charge in [-0.3, -0.25) is 4.72 Å². The summed E-state index contributed by atoms with van der Waals surface area (Å²) < 4.78 is 9.07. The molecule has 0 radical (unpaired) electrons. The summed E-state index contributed by atoms with van der Waals surface area (Å²) in [7, 11) is 1.52. The molecule has 1 saturated carbocycles. The maximum absolute atomic E-state index is 11.7. The van der Waals surface area contributed by atoms with E-state index >= 15 is 0 Å². The van der Waals surface area contributed by atoms with E-state index in [4.69, 9.17) is 4.74 Å². The van der Waals surface area contributed by atoms with Crippen molar-refractivity contribution in [2.75, 3.05) is 20.2 Å². The first-order chi connectivity index (χ1) is 14.2. The van der Waals surface area contributed by atoms with Gasteiger partial charge in [0, 0.05) is 11.9 Å². The standard InChI is InChI=1S/C20H25N5O3S/c1-21-20(27)25(9-10-26)13-17-8-7-16(23-24-17)12-22-29-19-4-2-3-18(11-19)28-14-15-5-6-15/h2-4,7-8,10-11,15,22H,5-6,9,12-14H2,1H3,(H,21,27). The third-order valence-corrected chi connectivity index (χ3v) is 5.13. The summed E-state index contributed by atoms with van der Waals surface area (Å²) in [4.78, 5) is 24.9. The highest BCUT2D eigenvalue weighted by Crippen LogP contribution is 2.30. The van der Waals surface area contributed by atoms with Gasteiger partial charge in [-0.2, -0.15) is 10.2 Å². The summed E-state index contributed by atoms with van der Waals surface area (Å²) in [5, 5.41) is 10.8. The van der Waals surface area contributed by atoms with Crippen LogP contribution in [0.3, 0.4) is 0 Å². The fourth-order valence-electron chi connectivity index (χ4n) is 2.55. The van der Waals surface area contributed by atoms with Crippen molar-refractivity contribution in [1.29, 1.82) is 0 Å². The van der Waals surface area contributed by atoms with Crippen LogP contribution in [0.1, 0.15) is 24.2 Å². The van der Waals surface area contributed by atoms with Gasteiger partial charge < -0.3 is 19.7 Å². The molecular weight excluding hydrogens is 390 g/mol. The second-order valence-corrected chi connectivity index (χ2v) is 7.73. The van der Waals surface area contributed by atoms with Crippen molar-refractivity contribution in [3.63, 3.8) is 0 Å². The number of aromatic nitrogens is 2. The number of benzene rings is 1. The van der Waals surface area contributed by atoms with Crippen molar-refractivity contribution in [3.8, 4) is 5.75 Å². The molecule has 29 heavy (non-hydrogen) atoms. The Bertz CT molecular complexity index is 814. The Kier molecular flexibility index (Phi) is 7.83. The van der Waals surface area contributed by atoms with Crippen molar-refractivity contribution in [3.05, 3.63) is 47.8 Å². The molecule has 0 saturated heterocycles. The summed E-state index contributed by atoms with van der Waals surface area (Å²) in [6.07, 6.45) is 3.23. The molecule has 0 aliphatic heterocycles. The average Bonchev–Trinajstić information content (AvgIpc) is 3.57. The van der Waals surface area contributed by atoms with E-state index in [1.165, 1.54) is 36.7 Å². The Morgan fingerprint density at radius 2 is 2.07 bits per heavy atom. The van der Waals surface area contributed by atoms with Crippen LogP contribution in [0.2, 0.25) is 0 Å². The van der Waals surface area contributed by atoms with Gasteiger partial charge >= 0.3 is 6.03 Å². The number of nitrogens with zero attached hydrogens (tertiary/aromatic N) is 3. The van der Waals surface area contributed by atoms with E-state index in [9.17, 15) is 9.59 Å². The predicted molar refractivity (Wildman–Crippen MR) is 110 cm³/mol. The van der Waals surface area contributed by atoms with Crippen LogP contribution in [0.4, 0.5) is 4.79 Å². The minimum Gasteiger partial charge on any atom is -0.493 e. The van der Waals surface area contributed by atoms with Gasteiger partial charge in [-0.05, 0) is 61.0 Å². The summed E-state index contributed by atoms with van der Waals surface area (Å²) >= 11 is 1.51. The first kappa shape index (κ1) is 21.1. The molecule has 1 aromatic heterocycles. The number of rotatable bonds is 11. The minimum absolute atomic E-state index is 0.00470. The quantitative estimate of drug-likeness (QED) is 0.430. The molecule has 1 heterocycles. The summed E-state index contributed by atoms with van der Waals surface area (Å²) in [6, 6.07) is 11.3. The third kappa shape index (κ3) is 7.03. The third-order valence-electron chi connectivity index (χ3n) is 4.36. The zero-order valence-corrected chi connectivity index (χ0v) is 17.2. The fraction of sp³-hybridized carbons (Fsp3) is 0.400. The van der Waals surface area contributed by atoms with Crippen LogP contribution in [0.15, 0.2) is 41.3 Å². The lowest BCUT2D eigenvalue weighted by molar-refractivity contribution is -0.108. The van der Waals surface area contributed by atoms with Crippen LogP contribution in [0.5, 0.6) is 5.75 Å². The van der Waals surface area contributed by atoms with E-state index < -0.39 is 0 Å². The highest BCUT2D eigenvalue weighted by Gasteiger charge is 2.21. The zero-order valence-electron chi connectivity index (χ0n) is 16.3.